The highest BCUT2D eigenvalue weighted by Gasteiger charge is 2.10. The van der Waals surface area contributed by atoms with Crippen molar-refractivity contribution in [1.29, 1.82) is 0 Å². The van der Waals surface area contributed by atoms with Gasteiger partial charge in [0.2, 0.25) is 0 Å². The summed E-state index contributed by atoms with van der Waals surface area (Å²) in [5.74, 6) is -0.993. The number of hydrogen-bond acceptors (Lipinski definition) is 4. The van der Waals surface area contributed by atoms with Gasteiger partial charge >= 0.3 is 5.97 Å². The normalized spacial score (nSPS) is 9.80. The van der Waals surface area contributed by atoms with Gasteiger partial charge in [0.1, 0.15) is 5.01 Å². The Balaban J connectivity index is 0.000001000. The number of fused-ring (bicyclic) bond motifs is 1. The molecule has 0 amide bonds. The molecule has 0 bridgehead atoms. The van der Waals surface area contributed by atoms with E-state index in [1.807, 2.05) is 28.8 Å². The number of imidazole rings is 1. The maximum absolute atomic E-state index is 10.8. The summed E-state index contributed by atoms with van der Waals surface area (Å²) in [6, 6.07) is 7.81. The first-order valence-corrected chi connectivity index (χ1v) is 6.19. The van der Waals surface area contributed by atoms with Gasteiger partial charge in [-0.15, -0.1) is 36.2 Å². The van der Waals surface area contributed by atoms with E-state index in [2.05, 4.69) is 9.97 Å². The number of hydrogen-bond donors (Lipinski definition) is 1. The van der Waals surface area contributed by atoms with Gasteiger partial charge in [0.25, 0.3) is 0 Å². The Kier molecular flexibility index (Phi) is 5.50. The van der Waals surface area contributed by atoms with Crippen LogP contribution in [0.2, 0.25) is 0 Å². The van der Waals surface area contributed by atoms with Crippen LogP contribution >= 0.6 is 36.2 Å². The molecule has 0 radical (unpaired) electrons. The summed E-state index contributed by atoms with van der Waals surface area (Å²) in [6.45, 7) is 0.540. The van der Waals surface area contributed by atoms with E-state index in [1.165, 1.54) is 11.3 Å². The largest absolute Gasteiger partial charge is 0.476 e. The Hall–Kier alpha value is -1.63. The summed E-state index contributed by atoms with van der Waals surface area (Å²) in [5.41, 5.74) is 2.04. The standard InChI is InChI=1S/C12H9N3O2S.2ClH/c16-12(17)9-6-18-11(14-9)5-15-7-13-8-3-1-2-4-10(8)15;;/h1-4,6-7H,5H2,(H,16,17);2*1H. The SMILES string of the molecule is Cl.Cl.O=C(O)c1csc(Cn2cnc3ccccc32)n1. The summed E-state index contributed by atoms with van der Waals surface area (Å²) in [4.78, 5) is 19.1. The highest BCUT2D eigenvalue weighted by atomic mass is 35.5. The van der Waals surface area contributed by atoms with E-state index in [0.717, 1.165) is 16.0 Å². The minimum atomic E-state index is -0.993. The number of carboxylic acids is 1. The third-order valence-electron chi connectivity index (χ3n) is 2.60. The quantitative estimate of drug-likeness (QED) is 0.800. The van der Waals surface area contributed by atoms with Crippen molar-refractivity contribution >= 4 is 53.2 Å². The van der Waals surface area contributed by atoms with Crippen LogP contribution in [0.5, 0.6) is 0 Å². The third kappa shape index (κ3) is 3.09. The van der Waals surface area contributed by atoms with E-state index in [1.54, 1.807) is 11.7 Å². The highest BCUT2D eigenvalue weighted by Crippen LogP contribution is 2.16. The van der Waals surface area contributed by atoms with Gasteiger partial charge in [-0.2, -0.15) is 0 Å². The average Bonchev–Trinajstić information content (AvgIpc) is 2.98. The van der Waals surface area contributed by atoms with Crippen LogP contribution in [0, 0.1) is 0 Å². The number of aromatic nitrogens is 3. The van der Waals surface area contributed by atoms with E-state index in [0.29, 0.717) is 6.54 Å². The summed E-state index contributed by atoms with van der Waals surface area (Å²) in [5, 5.41) is 11.1. The fourth-order valence-electron chi connectivity index (χ4n) is 1.76. The molecule has 0 aliphatic rings. The molecule has 0 unspecified atom stereocenters. The number of carbonyl (C=O) groups is 1. The van der Waals surface area contributed by atoms with E-state index >= 15 is 0 Å². The Morgan fingerprint density at radius 3 is 2.75 bits per heavy atom. The Morgan fingerprint density at radius 2 is 2.05 bits per heavy atom. The van der Waals surface area contributed by atoms with Crippen LogP contribution < -0.4 is 0 Å². The van der Waals surface area contributed by atoms with Crippen LogP contribution in [0.1, 0.15) is 15.5 Å². The lowest BCUT2D eigenvalue weighted by atomic mass is 10.3. The van der Waals surface area contributed by atoms with Crippen LogP contribution in [0.15, 0.2) is 36.0 Å². The van der Waals surface area contributed by atoms with Gasteiger partial charge in [-0.25, -0.2) is 14.8 Å². The summed E-state index contributed by atoms with van der Waals surface area (Å²) in [6.07, 6.45) is 1.74. The minimum Gasteiger partial charge on any atom is -0.476 e. The molecule has 0 aliphatic carbocycles. The van der Waals surface area contributed by atoms with Crippen LogP contribution in [-0.2, 0) is 6.54 Å². The number of benzene rings is 1. The topological polar surface area (TPSA) is 68.0 Å². The first-order chi connectivity index (χ1) is 8.74. The van der Waals surface area contributed by atoms with Gasteiger partial charge in [-0.3, -0.25) is 0 Å². The molecule has 1 aromatic carbocycles. The number of carboxylic acid groups (broad SMARTS) is 1. The number of para-hydroxylation sites is 2. The predicted octanol–water partition coefficient (Wildman–Crippen LogP) is 3.08. The van der Waals surface area contributed by atoms with Crippen molar-refractivity contribution in [2.24, 2.45) is 0 Å². The number of halogens is 2. The Morgan fingerprint density at radius 1 is 1.30 bits per heavy atom. The zero-order chi connectivity index (χ0) is 12.5. The fraction of sp³-hybridized carbons (Fsp3) is 0.0833. The van der Waals surface area contributed by atoms with Crippen molar-refractivity contribution < 1.29 is 9.90 Å². The third-order valence-corrected chi connectivity index (χ3v) is 3.44. The average molecular weight is 332 g/mol. The molecule has 5 nitrogen and oxygen atoms in total. The molecule has 1 N–H and O–H groups in total. The zero-order valence-electron chi connectivity index (χ0n) is 10.1. The lowest BCUT2D eigenvalue weighted by Crippen LogP contribution is -2.00. The smallest absolute Gasteiger partial charge is 0.355 e. The van der Waals surface area contributed by atoms with Gasteiger partial charge in [0, 0.05) is 5.38 Å². The molecule has 8 heteroatoms. The summed E-state index contributed by atoms with van der Waals surface area (Å²) in [7, 11) is 0. The molecule has 2 aromatic heterocycles. The van der Waals surface area contributed by atoms with Crippen molar-refractivity contribution in [3.05, 3.63) is 46.7 Å². The second-order valence-electron chi connectivity index (χ2n) is 3.79. The molecule has 3 aromatic rings. The Labute approximate surface area is 131 Å². The van der Waals surface area contributed by atoms with Crippen molar-refractivity contribution in [2.45, 2.75) is 6.54 Å². The molecule has 2 heterocycles. The molecular formula is C12H11Cl2N3O2S. The van der Waals surface area contributed by atoms with E-state index in [9.17, 15) is 4.79 Å². The number of aromatic carboxylic acids is 1. The molecule has 3 rings (SSSR count). The molecular weight excluding hydrogens is 321 g/mol. The zero-order valence-corrected chi connectivity index (χ0v) is 12.5. The van der Waals surface area contributed by atoms with Crippen LogP contribution in [0.4, 0.5) is 0 Å². The maximum atomic E-state index is 10.8. The van der Waals surface area contributed by atoms with Gasteiger partial charge in [0.05, 0.1) is 23.9 Å². The molecule has 0 saturated carbocycles. The first-order valence-electron chi connectivity index (χ1n) is 5.31. The molecule has 20 heavy (non-hydrogen) atoms. The molecule has 0 spiro atoms. The van der Waals surface area contributed by atoms with Crippen molar-refractivity contribution in [2.75, 3.05) is 0 Å². The van der Waals surface area contributed by atoms with Crippen molar-refractivity contribution in [3.8, 4) is 0 Å². The van der Waals surface area contributed by atoms with Crippen molar-refractivity contribution in [1.82, 2.24) is 14.5 Å². The van der Waals surface area contributed by atoms with Gasteiger partial charge < -0.3 is 9.67 Å². The van der Waals surface area contributed by atoms with Gasteiger partial charge in [-0.05, 0) is 12.1 Å². The first kappa shape index (κ1) is 16.4. The number of rotatable bonds is 3. The second-order valence-corrected chi connectivity index (χ2v) is 4.74. The predicted molar refractivity (Wildman–Crippen MR) is 82.4 cm³/mol. The summed E-state index contributed by atoms with van der Waals surface area (Å²) < 4.78 is 1.96. The molecule has 0 aliphatic heterocycles. The highest BCUT2D eigenvalue weighted by molar-refractivity contribution is 7.09. The van der Waals surface area contributed by atoms with E-state index < -0.39 is 5.97 Å². The molecule has 0 saturated heterocycles. The molecule has 106 valence electrons. The van der Waals surface area contributed by atoms with E-state index in [4.69, 9.17) is 5.11 Å². The monoisotopic (exact) mass is 331 g/mol. The number of thiazole rings is 1. The van der Waals surface area contributed by atoms with Gasteiger partial charge in [-0.1, -0.05) is 12.1 Å². The van der Waals surface area contributed by atoms with Crippen LogP contribution in [-0.4, -0.2) is 25.6 Å². The fourth-order valence-corrected chi connectivity index (χ4v) is 2.53. The van der Waals surface area contributed by atoms with Gasteiger partial charge in [0.15, 0.2) is 5.69 Å². The molecule has 0 fully saturated rings. The minimum absolute atomic E-state index is 0. The lowest BCUT2D eigenvalue weighted by molar-refractivity contribution is 0.0691. The Bertz CT molecular complexity index is 726. The lowest BCUT2D eigenvalue weighted by Gasteiger charge is -2.00. The van der Waals surface area contributed by atoms with Crippen LogP contribution in [0.3, 0.4) is 0 Å². The second kappa shape index (κ2) is 6.69. The molecule has 0 atom stereocenters. The van der Waals surface area contributed by atoms with E-state index in [-0.39, 0.29) is 30.5 Å². The summed E-state index contributed by atoms with van der Waals surface area (Å²) >= 11 is 1.34. The van der Waals surface area contributed by atoms with Crippen LogP contribution in [0.25, 0.3) is 11.0 Å². The number of nitrogens with zero attached hydrogens (tertiary/aromatic N) is 3. The van der Waals surface area contributed by atoms with Crippen molar-refractivity contribution in [3.63, 3.8) is 0 Å². The maximum Gasteiger partial charge on any atom is 0.355 e.